The summed E-state index contributed by atoms with van der Waals surface area (Å²) in [5, 5.41) is 12.7. The van der Waals surface area contributed by atoms with E-state index in [4.69, 9.17) is 4.74 Å². The van der Waals surface area contributed by atoms with Crippen LogP contribution in [0.3, 0.4) is 0 Å². The van der Waals surface area contributed by atoms with Crippen molar-refractivity contribution < 1.29 is 4.74 Å². The fourth-order valence-corrected chi connectivity index (χ4v) is 2.54. The molecule has 1 rings (SSSR count). The first-order valence-corrected chi connectivity index (χ1v) is 7.18. The third kappa shape index (κ3) is 4.86. The monoisotopic (exact) mass is 274 g/mol. The summed E-state index contributed by atoms with van der Waals surface area (Å²) >= 11 is 0. The van der Waals surface area contributed by atoms with Gasteiger partial charge in [-0.3, -0.25) is 5.32 Å². The normalized spacial score (nSPS) is 15.5. The standard InChI is InChI=1S/C17H26N2O/c1-12(2)19-17(6,11-18)10-15(5)20-16-8-7-13(3)9-14(16)4/h7-9,12,15,19H,10H2,1-6H3. The summed E-state index contributed by atoms with van der Waals surface area (Å²) in [6.07, 6.45) is 0.627. The van der Waals surface area contributed by atoms with Crippen LogP contribution in [0.4, 0.5) is 0 Å². The van der Waals surface area contributed by atoms with Gasteiger partial charge in [0.25, 0.3) is 0 Å². The molecule has 3 heteroatoms. The van der Waals surface area contributed by atoms with Gasteiger partial charge in [-0.15, -0.1) is 0 Å². The Morgan fingerprint density at radius 2 is 1.95 bits per heavy atom. The molecule has 0 aromatic heterocycles. The molecule has 0 fully saturated rings. The minimum absolute atomic E-state index is 0.0210. The summed E-state index contributed by atoms with van der Waals surface area (Å²) in [6.45, 7) is 12.1. The molecule has 0 saturated heterocycles. The van der Waals surface area contributed by atoms with E-state index in [1.807, 2.05) is 46.8 Å². The van der Waals surface area contributed by atoms with Gasteiger partial charge < -0.3 is 4.74 Å². The first-order valence-electron chi connectivity index (χ1n) is 7.18. The van der Waals surface area contributed by atoms with Crippen molar-refractivity contribution in [2.45, 2.75) is 65.6 Å². The van der Waals surface area contributed by atoms with E-state index in [2.05, 4.69) is 24.4 Å². The van der Waals surface area contributed by atoms with Crippen LogP contribution in [0.1, 0.15) is 45.2 Å². The molecule has 1 aromatic rings. The topological polar surface area (TPSA) is 45.0 Å². The van der Waals surface area contributed by atoms with Crippen LogP contribution in [-0.2, 0) is 0 Å². The van der Waals surface area contributed by atoms with Gasteiger partial charge in [0.05, 0.1) is 12.2 Å². The number of nitrogens with one attached hydrogen (secondary N) is 1. The van der Waals surface area contributed by atoms with Gasteiger partial charge in [0, 0.05) is 12.5 Å². The summed E-state index contributed by atoms with van der Waals surface area (Å²) in [7, 11) is 0. The highest BCUT2D eigenvalue weighted by molar-refractivity contribution is 5.35. The lowest BCUT2D eigenvalue weighted by Gasteiger charge is -2.29. The first kappa shape index (κ1) is 16.5. The molecule has 1 aromatic carbocycles. The lowest BCUT2D eigenvalue weighted by Crippen LogP contribution is -2.47. The van der Waals surface area contributed by atoms with Gasteiger partial charge >= 0.3 is 0 Å². The highest BCUT2D eigenvalue weighted by Gasteiger charge is 2.27. The molecule has 0 bridgehead atoms. The predicted octanol–water partition coefficient (Wildman–Crippen LogP) is 3.74. The van der Waals surface area contributed by atoms with Crippen molar-refractivity contribution >= 4 is 0 Å². The zero-order valence-corrected chi connectivity index (χ0v) is 13.4. The van der Waals surface area contributed by atoms with Crippen molar-refractivity contribution in [3.8, 4) is 11.8 Å². The van der Waals surface area contributed by atoms with Gasteiger partial charge in [0.15, 0.2) is 0 Å². The van der Waals surface area contributed by atoms with E-state index in [1.165, 1.54) is 5.56 Å². The van der Waals surface area contributed by atoms with Crippen molar-refractivity contribution in [1.29, 1.82) is 5.26 Å². The zero-order valence-electron chi connectivity index (χ0n) is 13.4. The van der Waals surface area contributed by atoms with Gasteiger partial charge in [-0.05, 0) is 53.2 Å². The van der Waals surface area contributed by atoms with Crippen LogP contribution in [0.5, 0.6) is 5.75 Å². The van der Waals surface area contributed by atoms with Gasteiger partial charge in [-0.1, -0.05) is 17.7 Å². The Balaban J connectivity index is 2.71. The molecule has 0 aliphatic carbocycles. The molecule has 3 nitrogen and oxygen atoms in total. The number of hydrogen-bond donors (Lipinski definition) is 1. The Morgan fingerprint density at radius 1 is 1.30 bits per heavy atom. The average molecular weight is 274 g/mol. The van der Waals surface area contributed by atoms with Crippen LogP contribution in [0.25, 0.3) is 0 Å². The molecule has 1 N–H and O–H groups in total. The molecule has 0 radical (unpaired) electrons. The largest absolute Gasteiger partial charge is 0.490 e. The van der Waals surface area contributed by atoms with Crippen LogP contribution >= 0.6 is 0 Å². The smallest absolute Gasteiger partial charge is 0.122 e. The third-order valence-corrected chi connectivity index (χ3v) is 3.21. The minimum Gasteiger partial charge on any atom is -0.490 e. The number of ether oxygens (including phenoxy) is 1. The fourth-order valence-electron chi connectivity index (χ4n) is 2.54. The molecule has 0 amide bonds. The van der Waals surface area contributed by atoms with Crippen molar-refractivity contribution in [2.75, 3.05) is 0 Å². The second-order valence-electron chi connectivity index (χ2n) is 6.14. The lowest BCUT2D eigenvalue weighted by atomic mass is 9.95. The quantitative estimate of drug-likeness (QED) is 0.859. The van der Waals surface area contributed by atoms with Gasteiger partial charge in [0.2, 0.25) is 0 Å². The number of nitrogens with zero attached hydrogens (tertiary/aromatic N) is 1. The Bertz CT molecular complexity index is 490. The maximum Gasteiger partial charge on any atom is 0.122 e. The van der Waals surface area contributed by atoms with E-state index in [0.717, 1.165) is 11.3 Å². The van der Waals surface area contributed by atoms with Crippen LogP contribution in [0, 0.1) is 25.2 Å². The minimum atomic E-state index is -0.563. The van der Waals surface area contributed by atoms with E-state index < -0.39 is 5.54 Å². The molecule has 0 aliphatic heterocycles. The Kier molecular flexibility index (Phi) is 5.59. The van der Waals surface area contributed by atoms with Crippen LogP contribution in [0.15, 0.2) is 18.2 Å². The van der Waals surface area contributed by atoms with Gasteiger partial charge in [-0.25, -0.2) is 0 Å². The third-order valence-electron chi connectivity index (χ3n) is 3.21. The number of nitriles is 1. The predicted molar refractivity (Wildman–Crippen MR) is 82.9 cm³/mol. The Labute approximate surface area is 123 Å². The van der Waals surface area contributed by atoms with Gasteiger partial charge in [0.1, 0.15) is 11.3 Å². The van der Waals surface area contributed by atoms with E-state index in [-0.39, 0.29) is 12.1 Å². The number of hydrogen-bond acceptors (Lipinski definition) is 3. The highest BCUT2D eigenvalue weighted by Crippen LogP contribution is 2.23. The molecule has 0 heterocycles. The molecular weight excluding hydrogens is 248 g/mol. The molecule has 20 heavy (non-hydrogen) atoms. The second-order valence-corrected chi connectivity index (χ2v) is 6.14. The van der Waals surface area contributed by atoms with Crippen molar-refractivity contribution in [3.63, 3.8) is 0 Å². The summed E-state index contributed by atoms with van der Waals surface area (Å²) in [6, 6.07) is 8.79. The zero-order chi connectivity index (χ0) is 15.3. The molecule has 0 aliphatic rings. The molecule has 110 valence electrons. The lowest BCUT2D eigenvalue weighted by molar-refractivity contribution is 0.175. The molecule has 2 unspecified atom stereocenters. The SMILES string of the molecule is Cc1ccc(OC(C)CC(C)(C#N)NC(C)C)c(C)c1. The summed E-state index contributed by atoms with van der Waals surface area (Å²) in [5.74, 6) is 0.896. The molecule has 2 atom stereocenters. The molecule has 0 saturated carbocycles. The van der Waals surface area contributed by atoms with E-state index in [1.54, 1.807) is 0 Å². The first-order chi connectivity index (χ1) is 9.25. The maximum absolute atomic E-state index is 9.37. The van der Waals surface area contributed by atoms with Crippen molar-refractivity contribution in [2.24, 2.45) is 0 Å². The highest BCUT2D eigenvalue weighted by atomic mass is 16.5. The summed E-state index contributed by atoms with van der Waals surface area (Å²) in [5.41, 5.74) is 1.80. The van der Waals surface area contributed by atoms with E-state index >= 15 is 0 Å². The number of benzene rings is 1. The maximum atomic E-state index is 9.37. The molecular formula is C17H26N2O. The summed E-state index contributed by atoms with van der Waals surface area (Å²) in [4.78, 5) is 0. The van der Waals surface area contributed by atoms with E-state index in [9.17, 15) is 5.26 Å². The van der Waals surface area contributed by atoms with Crippen LogP contribution in [0.2, 0.25) is 0 Å². The van der Waals surface area contributed by atoms with Crippen molar-refractivity contribution in [1.82, 2.24) is 5.32 Å². The number of rotatable bonds is 6. The fraction of sp³-hybridized carbons (Fsp3) is 0.588. The number of aryl methyl sites for hydroxylation is 2. The van der Waals surface area contributed by atoms with Gasteiger partial charge in [-0.2, -0.15) is 5.26 Å². The second kappa shape index (κ2) is 6.76. The van der Waals surface area contributed by atoms with Crippen molar-refractivity contribution in [3.05, 3.63) is 29.3 Å². The molecule has 0 spiro atoms. The summed E-state index contributed by atoms with van der Waals surface area (Å²) < 4.78 is 5.99. The van der Waals surface area contributed by atoms with Crippen LogP contribution < -0.4 is 10.1 Å². The average Bonchev–Trinajstić information content (AvgIpc) is 2.31. The Hall–Kier alpha value is -1.53. The van der Waals surface area contributed by atoms with E-state index in [0.29, 0.717) is 6.42 Å². The Morgan fingerprint density at radius 3 is 2.45 bits per heavy atom. The van der Waals surface area contributed by atoms with Crippen LogP contribution in [-0.4, -0.2) is 17.7 Å².